The molecule has 0 radical (unpaired) electrons. The smallest absolute Gasteiger partial charge is 0.274 e. The highest BCUT2D eigenvalue weighted by atomic mass is 35.5. The summed E-state index contributed by atoms with van der Waals surface area (Å²) in [7, 11) is 3.70. The summed E-state index contributed by atoms with van der Waals surface area (Å²) in [6, 6.07) is 7.92. The first-order valence-electron chi connectivity index (χ1n) is 10.8. The van der Waals surface area contributed by atoms with E-state index in [1.807, 2.05) is 39.2 Å². The topological polar surface area (TPSA) is 50.6 Å². The number of carbonyl (C=O) groups is 1. The van der Waals surface area contributed by atoms with Crippen LogP contribution < -0.4 is 4.74 Å². The fraction of sp³-hybridized carbons (Fsp3) is 0.565. The second kappa shape index (κ2) is 8.98. The Labute approximate surface area is 183 Å². The van der Waals surface area contributed by atoms with Gasteiger partial charge in [0.1, 0.15) is 5.75 Å². The molecule has 7 heteroatoms. The predicted molar refractivity (Wildman–Crippen MR) is 118 cm³/mol. The maximum atomic E-state index is 12.6. The van der Waals surface area contributed by atoms with Crippen LogP contribution in [0.15, 0.2) is 24.3 Å². The molecule has 30 heavy (non-hydrogen) atoms. The van der Waals surface area contributed by atoms with E-state index in [1.54, 1.807) is 9.58 Å². The summed E-state index contributed by atoms with van der Waals surface area (Å²) in [4.78, 5) is 16.8. The molecule has 2 aromatic rings. The van der Waals surface area contributed by atoms with Crippen molar-refractivity contribution in [1.82, 2.24) is 19.6 Å². The van der Waals surface area contributed by atoms with E-state index in [2.05, 4.69) is 16.1 Å². The molecule has 162 valence electrons. The van der Waals surface area contributed by atoms with Gasteiger partial charge in [0.15, 0.2) is 5.69 Å². The first kappa shape index (κ1) is 21.2. The van der Waals surface area contributed by atoms with Crippen LogP contribution in [-0.2, 0) is 13.6 Å². The van der Waals surface area contributed by atoms with Gasteiger partial charge in [0.2, 0.25) is 0 Å². The van der Waals surface area contributed by atoms with Gasteiger partial charge >= 0.3 is 0 Å². The zero-order valence-electron chi connectivity index (χ0n) is 18.1. The summed E-state index contributed by atoms with van der Waals surface area (Å²) < 4.78 is 7.92. The lowest BCUT2D eigenvalue weighted by molar-refractivity contribution is 0.0416. The van der Waals surface area contributed by atoms with E-state index < -0.39 is 0 Å². The van der Waals surface area contributed by atoms with Crippen molar-refractivity contribution in [2.24, 2.45) is 13.0 Å². The molecule has 0 unspecified atom stereocenters. The SMILES string of the molecule is Cc1cc(C(=O)N(C)CC2CC(Oc3cccc(CN4CCCC4)c3Cl)C2)nn1C. The number of amides is 1. The Morgan fingerprint density at radius 2 is 2.03 bits per heavy atom. The molecule has 0 bridgehead atoms. The summed E-state index contributed by atoms with van der Waals surface area (Å²) in [5, 5.41) is 5.03. The molecule has 4 rings (SSSR count). The summed E-state index contributed by atoms with van der Waals surface area (Å²) in [6.07, 6.45) is 4.58. The highest BCUT2D eigenvalue weighted by Gasteiger charge is 2.33. The number of aromatic nitrogens is 2. The first-order chi connectivity index (χ1) is 14.4. The minimum atomic E-state index is -0.0271. The number of likely N-dealkylation sites (tertiary alicyclic amines) is 1. The number of halogens is 1. The Balaban J connectivity index is 1.27. The largest absolute Gasteiger partial charge is 0.489 e. The molecule has 1 saturated carbocycles. The van der Waals surface area contributed by atoms with Gasteiger partial charge in [0.25, 0.3) is 5.91 Å². The van der Waals surface area contributed by atoms with Crippen LogP contribution in [0.3, 0.4) is 0 Å². The number of benzene rings is 1. The molecule has 0 atom stereocenters. The number of nitrogens with zero attached hydrogens (tertiary/aromatic N) is 4. The van der Waals surface area contributed by atoms with Crippen molar-refractivity contribution < 1.29 is 9.53 Å². The van der Waals surface area contributed by atoms with Crippen molar-refractivity contribution in [2.75, 3.05) is 26.7 Å². The molecule has 1 aliphatic heterocycles. The van der Waals surface area contributed by atoms with E-state index in [0.29, 0.717) is 11.6 Å². The van der Waals surface area contributed by atoms with Crippen molar-refractivity contribution >= 4 is 17.5 Å². The van der Waals surface area contributed by atoms with Gasteiger partial charge < -0.3 is 9.64 Å². The second-order valence-electron chi connectivity index (χ2n) is 8.77. The van der Waals surface area contributed by atoms with Crippen molar-refractivity contribution in [2.45, 2.75) is 45.3 Å². The average Bonchev–Trinajstić information content (AvgIpc) is 3.32. The fourth-order valence-corrected chi connectivity index (χ4v) is 4.61. The third kappa shape index (κ3) is 4.65. The van der Waals surface area contributed by atoms with Crippen LogP contribution in [0.1, 0.15) is 47.4 Å². The Kier molecular flexibility index (Phi) is 6.34. The number of hydrogen-bond donors (Lipinski definition) is 0. The van der Waals surface area contributed by atoms with Crippen molar-refractivity contribution in [3.63, 3.8) is 0 Å². The van der Waals surface area contributed by atoms with Gasteiger partial charge in [0.05, 0.1) is 11.1 Å². The lowest BCUT2D eigenvalue weighted by Crippen LogP contribution is -2.42. The summed E-state index contributed by atoms with van der Waals surface area (Å²) in [5.41, 5.74) is 2.63. The van der Waals surface area contributed by atoms with E-state index in [9.17, 15) is 4.79 Å². The number of carbonyl (C=O) groups excluding carboxylic acids is 1. The molecule has 2 fully saturated rings. The van der Waals surface area contributed by atoms with Crippen LogP contribution in [0.25, 0.3) is 0 Å². The zero-order chi connectivity index (χ0) is 21.3. The van der Waals surface area contributed by atoms with Crippen molar-refractivity contribution in [1.29, 1.82) is 0 Å². The standard InChI is InChI=1S/C23H31ClN4O2/c1-16-11-20(25-27(16)3)23(29)26(2)14-17-12-19(13-17)30-21-8-6-7-18(22(21)24)15-28-9-4-5-10-28/h6-8,11,17,19H,4-5,9-10,12-15H2,1-3H3. The van der Waals surface area contributed by atoms with Crippen LogP contribution in [0.4, 0.5) is 0 Å². The van der Waals surface area contributed by atoms with Crippen LogP contribution in [0.5, 0.6) is 5.75 Å². The molecule has 2 heterocycles. The molecule has 2 aliphatic rings. The van der Waals surface area contributed by atoms with Gasteiger partial charge in [-0.05, 0) is 69.3 Å². The third-order valence-corrected chi connectivity index (χ3v) is 6.76. The Bertz CT molecular complexity index is 881. The lowest BCUT2D eigenvalue weighted by Gasteiger charge is -2.37. The van der Waals surface area contributed by atoms with Gasteiger partial charge in [0, 0.05) is 32.9 Å². The first-order valence-corrected chi connectivity index (χ1v) is 11.2. The van der Waals surface area contributed by atoms with Crippen LogP contribution in [0.2, 0.25) is 5.02 Å². The highest BCUT2D eigenvalue weighted by Crippen LogP contribution is 2.36. The van der Waals surface area contributed by atoms with Gasteiger partial charge in [-0.25, -0.2) is 0 Å². The molecule has 1 aromatic carbocycles. The van der Waals surface area contributed by atoms with Gasteiger partial charge in [-0.2, -0.15) is 5.10 Å². The van der Waals surface area contributed by atoms with Crippen LogP contribution in [-0.4, -0.2) is 58.3 Å². The highest BCUT2D eigenvalue weighted by molar-refractivity contribution is 6.32. The number of hydrogen-bond acceptors (Lipinski definition) is 4. The van der Waals surface area contributed by atoms with E-state index in [4.69, 9.17) is 16.3 Å². The van der Waals surface area contributed by atoms with Crippen molar-refractivity contribution in [3.8, 4) is 5.75 Å². The second-order valence-corrected chi connectivity index (χ2v) is 9.15. The van der Waals surface area contributed by atoms with Crippen LogP contribution >= 0.6 is 11.6 Å². The molecule has 1 amide bonds. The van der Waals surface area contributed by atoms with Crippen LogP contribution in [0, 0.1) is 12.8 Å². The summed E-state index contributed by atoms with van der Waals surface area (Å²) in [6.45, 7) is 5.86. The molecule has 1 aliphatic carbocycles. The normalized spacial score (nSPS) is 21.5. The van der Waals surface area contributed by atoms with Gasteiger partial charge in [-0.15, -0.1) is 0 Å². The van der Waals surface area contributed by atoms with Gasteiger partial charge in [-0.1, -0.05) is 23.7 Å². The fourth-order valence-electron chi connectivity index (χ4n) is 4.38. The molecular weight excluding hydrogens is 400 g/mol. The van der Waals surface area contributed by atoms with E-state index in [1.165, 1.54) is 12.8 Å². The summed E-state index contributed by atoms with van der Waals surface area (Å²) in [5.74, 6) is 1.20. The predicted octanol–water partition coefficient (Wildman–Crippen LogP) is 3.91. The average molecular weight is 431 g/mol. The molecule has 0 N–H and O–H groups in total. The third-order valence-electron chi connectivity index (χ3n) is 6.33. The molecule has 1 saturated heterocycles. The van der Waals surface area contributed by atoms with E-state index in [-0.39, 0.29) is 12.0 Å². The molecule has 0 spiro atoms. The maximum Gasteiger partial charge on any atom is 0.274 e. The number of ether oxygens (including phenoxy) is 1. The maximum absolute atomic E-state index is 12.6. The molecule has 1 aromatic heterocycles. The molecular formula is C23H31ClN4O2. The lowest BCUT2D eigenvalue weighted by atomic mass is 9.82. The minimum absolute atomic E-state index is 0.0271. The molecule has 6 nitrogen and oxygen atoms in total. The Hall–Kier alpha value is -2.05. The summed E-state index contributed by atoms with van der Waals surface area (Å²) >= 11 is 6.64. The van der Waals surface area contributed by atoms with Gasteiger partial charge in [-0.3, -0.25) is 14.4 Å². The van der Waals surface area contributed by atoms with E-state index in [0.717, 1.165) is 61.1 Å². The number of aryl methyl sites for hydroxylation is 2. The van der Waals surface area contributed by atoms with E-state index >= 15 is 0 Å². The quantitative estimate of drug-likeness (QED) is 0.668. The number of rotatable bonds is 7. The van der Waals surface area contributed by atoms with Crippen molar-refractivity contribution in [3.05, 3.63) is 46.2 Å². The Morgan fingerprint density at radius 3 is 2.70 bits per heavy atom. The zero-order valence-corrected chi connectivity index (χ0v) is 18.9. The monoisotopic (exact) mass is 430 g/mol. The Morgan fingerprint density at radius 1 is 1.30 bits per heavy atom. The minimum Gasteiger partial charge on any atom is -0.489 e.